The summed E-state index contributed by atoms with van der Waals surface area (Å²) in [6, 6.07) is 0. The van der Waals surface area contributed by atoms with E-state index in [1.54, 1.807) is 0 Å². The fourth-order valence-electron chi connectivity index (χ4n) is 5.31. The van der Waals surface area contributed by atoms with Gasteiger partial charge in [0.2, 0.25) is 0 Å². The lowest BCUT2D eigenvalue weighted by Gasteiger charge is -2.45. The van der Waals surface area contributed by atoms with Gasteiger partial charge in [-0.05, 0) is 6.42 Å². The first-order valence-electron chi connectivity index (χ1n) is 16.7. The highest BCUT2D eigenvalue weighted by molar-refractivity contribution is 7.47. The molecule has 1 aliphatic carbocycles. The summed E-state index contributed by atoms with van der Waals surface area (Å²) in [6.45, 7) is -0.178. The summed E-state index contributed by atoms with van der Waals surface area (Å²) in [6.07, 6.45) is -3.68. The van der Waals surface area contributed by atoms with Crippen LogP contribution in [-0.2, 0) is 55.1 Å². The van der Waals surface area contributed by atoms with E-state index in [1.807, 2.05) is 0 Å². The number of aliphatic hydroxyl groups is 3. The maximum Gasteiger partial charge on any atom is 0.472 e. The van der Waals surface area contributed by atoms with Crippen LogP contribution in [0, 0.1) is 0 Å². The smallest absolute Gasteiger partial charge is 0.457 e. The van der Waals surface area contributed by atoms with Gasteiger partial charge >= 0.3 is 37.3 Å². The Labute approximate surface area is 301 Å². The van der Waals surface area contributed by atoms with Gasteiger partial charge in [0.15, 0.2) is 0 Å². The molecule has 0 amide bonds. The zero-order valence-corrected chi connectivity index (χ0v) is 32.3. The van der Waals surface area contributed by atoms with E-state index < -0.39 is 100.0 Å². The number of carbonyl (C=O) groups excluding carboxylic acids is 1. The molecular weight excluding hydrogens is 788 g/mol. The molecule has 0 heterocycles. The lowest BCUT2D eigenvalue weighted by atomic mass is 9.85. The zero-order chi connectivity index (χ0) is 39.6. The number of unbranched alkanes of at least 4 members (excludes halogenated alkanes) is 12. The molecule has 1 aliphatic rings. The van der Waals surface area contributed by atoms with E-state index in [0.29, 0.717) is 6.42 Å². The third-order valence-electron chi connectivity index (χ3n) is 7.63. The van der Waals surface area contributed by atoms with Crippen molar-refractivity contribution in [1.29, 1.82) is 0 Å². The zero-order valence-electron chi connectivity index (χ0n) is 28.7. The summed E-state index contributed by atoms with van der Waals surface area (Å²) >= 11 is 0. The second-order valence-corrected chi connectivity index (χ2v) is 17.1. The molecule has 22 nitrogen and oxygen atoms in total. The highest BCUT2D eigenvalue weighted by Gasteiger charge is 2.59. The molecule has 10 N–H and O–H groups in total. The van der Waals surface area contributed by atoms with Crippen LogP contribution in [-0.4, -0.2) is 118 Å². The normalized spacial score (nSPS) is 24.8. The minimum atomic E-state index is -5.75. The van der Waals surface area contributed by atoms with Crippen LogP contribution in [0.15, 0.2) is 0 Å². The third kappa shape index (κ3) is 22.3. The molecule has 5 unspecified atom stereocenters. The number of ether oxygens (including phenoxy) is 2. The van der Waals surface area contributed by atoms with Crippen molar-refractivity contribution >= 4 is 37.3 Å². The molecule has 0 spiro atoms. The van der Waals surface area contributed by atoms with Gasteiger partial charge in [-0.1, -0.05) is 84.0 Å². The van der Waals surface area contributed by atoms with Crippen LogP contribution in [0.1, 0.15) is 96.8 Å². The van der Waals surface area contributed by atoms with Gasteiger partial charge in [0, 0.05) is 6.42 Å². The van der Waals surface area contributed by atoms with E-state index in [-0.39, 0.29) is 6.42 Å². The van der Waals surface area contributed by atoms with Gasteiger partial charge in [-0.25, -0.2) is 18.3 Å². The molecule has 310 valence electrons. The highest BCUT2D eigenvalue weighted by atomic mass is 31.2. The largest absolute Gasteiger partial charge is 0.472 e. The molecule has 0 bridgehead atoms. The predicted molar refractivity (Wildman–Crippen MR) is 177 cm³/mol. The van der Waals surface area contributed by atoms with Crippen LogP contribution < -0.4 is 0 Å². The fourth-order valence-corrected chi connectivity index (χ4v) is 7.96. The molecule has 0 aromatic heterocycles. The summed E-state index contributed by atoms with van der Waals surface area (Å²) in [7, 11) is -22.8. The van der Waals surface area contributed by atoms with Gasteiger partial charge in [0.25, 0.3) is 0 Å². The predicted octanol–water partition coefficient (Wildman–Crippen LogP) is 2.02. The van der Waals surface area contributed by atoms with E-state index in [0.717, 1.165) is 32.1 Å². The number of esters is 1. The van der Waals surface area contributed by atoms with E-state index >= 15 is 0 Å². The van der Waals surface area contributed by atoms with Crippen LogP contribution in [0.5, 0.6) is 0 Å². The monoisotopic (exact) mass is 842 g/mol. The Morgan fingerprint density at radius 3 is 1.38 bits per heavy atom. The minimum Gasteiger partial charge on any atom is -0.457 e. The number of phosphoric acid groups is 4. The van der Waals surface area contributed by atoms with Crippen molar-refractivity contribution in [2.24, 2.45) is 0 Å². The van der Waals surface area contributed by atoms with Crippen LogP contribution in [0.25, 0.3) is 0 Å². The Morgan fingerprint density at radius 2 is 0.981 bits per heavy atom. The molecular formula is C26H54O22P4. The van der Waals surface area contributed by atoms with Gasteiger partial charge in [0.1, 0.15) is 49.5 Å². The van der Waals surface area contributed by atoms with Crippen molar-refractivity contribution in [3.63, 3.8) is 0 Å². The lowest BCUT2D eigenvalue weighted by molar-refractivity contribution is -0.209. The fraction of sp³-hybridized carbons (Fsp3) is 0.962. The average molecular weight is 843 g/mol. The van der Waals surface area contributed by atoms with Crippen molar-refractivity contribution in [2.45, 2.75) is 140 Å². The summed E-state index contributed by atoms with van der Waals surface area (Å²) in [5.41, 5.74) is 0. The molecule has 52 heavy (non-hydrogen) atoms. The first kappa shape index (κ1) is 49.8. The second-order valence-electron chi connectivity index (χ2n) is 12.1. The average Bonchev–Trinajstić information content (AvgIpc) is 3.01. The van der Waals surface area contributed by atoms with Gasteiger partial charge in [-0.3, -0.25) is 27.4 Å². The Hall–Kier alpha value is -0.250. The van der Waals surface area contributed by atoms with Gasteiger partial charge < -0.3 is 59.0 Å². The molecule has 0 aliphatic heterocycles. The summed E-state index contributed by atoms with van der Waals surface area (Å²) in [4.78, 5) is 78.4. The van der Waals surface area contributed by atoms with Crippen molar-refractivity contribution in [3.05, 3.63) is 0 Å². The Balaban J connectivity index is 2.81. The summed E-state index contributed by atoms with van der Waals surface area (Å²) < 4.78 is 79.8. The second kappa shape index (κ2) is 24.4. The first-order valence-corrected chi connectivity index (χ1v) is 22.8. The number of hydrogen-bond acceptors (Lipinski definition) is 15. The maximum absolute atomic E-state index is 12.9. The third-order valence-corrected chi connectivity index (χ3v) is 10.2. The molecule has 8 atom stereocenters. The van der Waals surface area contributed by atoms with Gasteiger partial charge in [-0.2, -0.15) is 0 Å². The molecule has 0 aromatic rings. The highest BCUT2D eigenvalue weighted by Crippen LogP contribution is 2.53. The number of carbonyl (C=O) groups is 1. The van der Waals surface area contributed by atoms with Crippen LogP contribution in [0.2, 0.25) is 0 Å². The molecule has 0 saturated heterocycles. The van der Waals surface area contributed by atoms with Crippen LogP contribution in [0.4, 0.5) is 0 Å². The topological polar surface area (TPSA) is 352 Å². The lowest BCUT2D eigenvalue weighted by Crippen LogP contribution is -2.65. The van der Waals surface area contributed by atoms with Crippen molar-refractivity contribution in [1.82, 2.24) is 0 Å². The quantitative estimate of drug-likeness (QED) is 0.0223. The van der Waals surface area contributed by atoms with Gasteiger partial charge in [0.05, 0.1) is 13.2 Å². The van der Waals surface area contributed by atoms with Crippen LogP contribution in [0.3, 0.4) is 0 Å². The number of rotatable bonds is 29. The number of hydrogen-bond donors (Lipinski definition) is 10. The Morgan fingerprint density at radius 1 is 0.577 bits per heavy atom. The molecule has 0 radical (unpaired) electrons. The van der Waals surface area contributed by atoms with E-state index in [4.69, 9.17) is 23.6 Å². The molecule has 1 fully saturated rings. The van der Waals surface area contributed by atoms with E-state index in [2.05, 4.69) is 20.5 Å². The molecule has 1 saturated carbocycles. The summed E-state index contributed by atoms with van der Waals surface area (Å²) in [5, 5.41) is 30.4. The maximum atomic E-state index is 12.9. The van der Waals surface area contributed by atoms with Crippen molar-refractivity contribution < 1.29 is 105 Å². The molecule has 0 aromatic carbocycles. The van der Waals surface area contributed by atoms with Crippen LogP contribution >= 0.6 is 31.3 Å². The standard InChI is InChI=1S/C26H54O22P4/c1-2-3-4-5-6-7-8-9-10-11-12-13-14-15-20(28)44-19(16-42-18-27)17-43-52(40,41)48-23-21(29)24(45-49(31,32)33)26(47-51(37,38)39)25(22(23)30)46-50(34,35)36/h19,21-27,29-30H,2-18H2,1H3,(H,40,41)(H2,31,32,33)(H2,34,35,36)(H2,37,38,39)/t19-,21-,22?,23?,24?,25+,26?/m1/s1. The summed E-state index contributed by atoms with van der Waals surface area (Å²) in [5.74, 6) is -0.740. The Bertz CT molecular complexity index is 1170. The molecule has 1 rings (SSSR count). The first-order chi connectivity index (χ1) is 24.1. The number of aliphatic hydroxyl groups excluding tert-OH is 3. The van der Waals surface area contributed by atoms with E-state index in [1.165, 1.54) is 44.9 Å². The Kier molecular flexibility index (Phi) is 23.4. The van der Waals surface area contributed by atoms with Gasteiger partial charge in [-0.15, -0.1) is 0 Å². The SMILES string of the molecule is CCCCCCCCCCCCCCCC(=O)O[C@H](COCO)COP(=O)(O)OC1C(O)[C@H](OP(=O)(O)O)C(OP(=O)(O)O)C(OP(=O)(O)O)[C@@H]1O. The van der Waals surface area contributed by atoms with E-state index in [9.17, 15) is 67.5 Å². The van der Waals surface area contributed by atoms with Crippen molar-refractivity contribution in [3.8, 4) is 0 Å². The number of phosphoric ester groups is 4. The minimum absolute atomic E-state index is 0.0269. The molecule has 26 heteroatoms. The van der Waals surface area contributed by atoms with Crippen molar-refractivity contribution in [2.75, 3.05) is 20.0 Å².